The van der Waals surface area contributed by atoms with Gasteiger partial charge in [0.1, 0.15) is 0 Å². The van der Waals surface area contributed by atoms with Crippen LogP contribution in [0, 0.1) is 6.92 Å². The molecular formula is C12H19N3O3. The molecule has 0 aliphatic carbocycles. The first-order chi connectivity index (χ1) is 8.15. The fraction of sp³-hybridized carbons (Fsp3) is 0.583. The van der Waals surface area contributed by atoms with Crippen LogP contribution < -0.4 is 0 Å². The quantitative estimate of drug-likeness (QED) is 0.870. The predicted molar refractivity (Wildman–Crippen MR) is 66.4 cm³/mol. The molecule has 18 heavy (non-hydrogen) atoms. The molecule has 0 aromatic carbocycles. The highest BCUT2D eigenvalue weighted by molar-refractivity contribution is 5.93. The van der Waals surface area contributed by atoms with E-state index in [1.165, 1.54) is 4.90 Å². The average Bonchev–Trinajstić information content (AvgIpc) is 2.55. The minimum absolute atomic E-state index is 0.110. The van der Waals surface area contributed by atoms with Gasteiger partial charge in [-0.1, -0.05) is 0 Å². The van der Waals surface area contributed by atoms with E-state index in [0.29, 0.717) is 5.69 Å². The number of carboxylic acids is 1. The predicted octanol–water partition coefficient (Wildman–Crippen LogP) is 1.05. The third kappa shape index (κ3) is 2.88. The lowest BCUT2D eigenvalue weighted by atomic mass is 9.98. The number of hydrogen-bond donors (Lipinski definition) is 1. The van der Waals surface area contributed by atoms with Crippen LogP contribution in [0.2, 0.25) is 0 Å². The lowest BCUT2D eigenvalue weighted by Gasteiger charge is -2.33. The molecule has 0 spiro atoms. The second-order valence-corrected chi connectivity index (χ2v) is 5.04. The van der Waals surface area contributed by atoms with Gasteiger partial charge in [-0.15, -0.1) is 0 Å². The zero-order chi connectivity index (χ0) is 14.1. The number of aliphatic carboxylic acids is 1. The number of carboxylic acid groups (broad SMARTS) is 1. The minimum atomic E-state index is -0.933. The van der Waals surface area contributed by atoms with Crippen molar-refractivity contribution in [2.75, 3.05) is 7.05 Å². The standard InChI is InChI=1S/C12H19N3O3/c1-8-6-9(13-15(8)5)11(18)14(4)12(2,3)7-10(16)17/h6H,7H2,1-5H3,(H,16,17). The van der Waals surface area contributed by atoms with E-state index in [4.69, 9.17) is 5.11 Å². The van der Waals surface area contributed by atoms with Gasteiger partial charge in [0, 0.05) is 25.3 Å². The summed E-state index contributed by atoms with van der Waals surface area (Å²) in [5.74, 6) is -1.21. The molecule has 0 aliphatic heterocycles. The van der Waals surface area contributed by atoms with Crippen LogP contribution in [0.25, 0.3) is 0 Å². The highest BCUT2D eigenvalue weighted by atomic mass is 16.4. The third-order valence-electron chi connectivity index (χ3n) is 3.13. The van der Waals surface area contributed by atoms with Crippen LogP contribution in [0.5, 0.6) is 0 Å². The topological polar surface area (TPSA) is 75.4 Å². The summed E-state index contributed by atoms with van der Waals surface area (Å²) >= 11 is 0. The normalized spacial score (nSPS) is 11.4. The summed E-state index contributed by atoms with van der Waals surface area (Å²) in [6.45, 7) is 5.29. The molecule has 100 valence electrons. The SMILES string of the molecule is Cc1cc(C(=O)N(C)C(C)(C)CC(=O)O)nn1C. The van der Waals surface area contributed by atoms with Gasteiger partial charge >= 0.3 is 5.97 Å². The van der Waals surface area contributed by atoms with Crippen LogP contribution in [0.1, 0.15) is 36.5 Å². The molecule has 1 aromatic heterocycles. The summed E-state index contributed by atoms with van der Waals surface area (Å²) in [4.78, 5) is 24.4. The largest absolute Gasteiger partial charge is 0.481 e. The van der Waals surface area contributed by atoms with Gasteiger partial charge in [0.2, 0.25) is 0 Å². The van der Waals surface area contributed by atoms with Crippen molar-refractivity contribution in [3.8, 4) is 0 Å². The summed E-state index contributed by atoms with van der Waals surface area (Å²) in [7, 11) is 3.35. The van der Waals surface area contributed by atoms with Crippen molar-refractivity contribution in [3.63, 3.8) is 0 Å². The number of amides is 1. The number of hydrogen-bond acceptors (Lipinski definition) is 3. The van der Waals surface area contributed by atoms with Gasteiger partial charge in [-0.3, -0.25) is 14.3 Å². The van der Waals surface area contributed by atoms with Gasteiger partial charge in [0.25, 0.3) is 5.91 Å². The maximum Gasteiger partial charge on any atom is 0.305 e. The highest BCUT2D eigenvalue weighted by Crippen LogP contribution is 2.19. The van der Waals surface area contributed by atoms with E-state index >= 15 is 0 Å². The van der Waals surface area contributed by atoms with Crippen LogP contribution in [0.15, 0.2) is 6.07 Å². The number of aromatic nitrogens is 2. The molecular weight excluding hydrogens is 234 g/mol. The monoisotopic (exact) mass is 253 g/mol. The summed E-state index contributed by atoms with van der Waals surface area (Å²) in [5.41, 5.74) is 0.452. The molecule has 0 unspecified atom stereocenters. The third-order valence-corrected chi connectivity index (χ3v) is 3.13. The maximum absolute atomic E-state index is 12.2. The Labute approximate surface area is 106 Å². The molecule has 0 saturated heterocycles. The fourth-order valence-corrected chi connectivity index (χ4v) is 1.60. The summed E-state index contributed by atoms with van der Waals surface area (Å²) in [6.07, 6.45) is -0.110. The summed E-state index contributed by atoms with van der Waals surface area (Å²) < 4.78 is 1.62. The number of nitrogens with zero attached hydrogens (tertiary/aromatic N) is 3. The molecule has 1 rings (SSSR count). The maximum atomic E-state index is 12.2. The molecule has 0 bridgehead atoms. The first-order valence-electron chi connectivity index (χ1n) is 5.66. The molecule has 1 heterocycles. The Kier molecular flexibility index (Phi) is 3.79. The first-order valence-corrected chi connectivity index (χ1v) is 5.66. The number of rotatable bonds is 4. The smallest absolute Gasteiger partial charge is 0.305 e. The van der Waals surface area contributed by atoms with Crippen molar-refractivity contribution in [1.82, 2.24) is 14.7 Å². The molecule has 0 aliphatic rings. The van der Waals surface area contributed by atoms with Crippen LogP contribution >= 0.6 is 0 Å². The molecule has 0 fully saturated rings. The summed E-state index contributed by atoms with van der Waals surface area (Å²) in [5, 5.41) is 12.9. The van der Waals surface area contributed by atoms with Crippen molar-refractivity contribution >= 4 is 11.9 Å². The first kappa shape index (κ1) is 14.2. The lowest BCUT2D eigenvalue weighted by Crippen LogP contribution is -2.46. The van der Waals surface area contributed by atoms with Gasteiger partial charge in [0.15, 0.2) is 5.69 Å². The Morgan fingerprint density at radius 3 is 2.44 bits per heavy atom. The van der Waals surface area contributed by atoms with Gasteiger partial charge in [-0.25, -0.2) is 0 Å². The molecule has 0 atom stereocenters. The van der Waals surface area contributed by atoms with Crippen LogP contribution in [0.3, 0.4) is 0 Å². The Bertz CT molecular complexity index is 457. The molecule has 1 aromatic rings. The van der Waals surface area contributed by atoms with Gasteiger partial charge in [0.05, 0.1) is 6.42 Å². The molecule has 6 heteroatoms. The fourth-order valence-electron chi connectivity index (χ4n) is 1.60. The molecule has 1 amide bonds. The van der Waals surface area contributed by atoms with Crippen molar-refractivity contribution in [2.24, 2.45) is 7.05 Å². The number of aryl methyl sites for hydroxylation is 2. The van der Waals surface area contributed by atoms with Crippen molar-refractivity contribution in [1.29, 1.82) is 0 Å². The van der Waals surface area contributed by atoms with Crippen LogP contribution in [0.4, 0.5) is 0 Å². The van der Waals surface area contributed by atoms with Gasteiger partial charge < -0.3 is 10.0 Å². The van der Waals surface area contributed by atoms with Crippen LogP contribution in [-0.2, 0) is 11.8 Å². The van der Waals surface area contributed by atoms with E-state index in [0.717, 1.165) is 5.69 Å². The Morgan fingerprint density at radius 2 is 2.06 bits per heavy atom. The zero-order valence-electron chi connectivity index (χ0n) is 11.4. The lowest BCUT2D eigenvalue weighted by molar-refractivity contribution is -0.139. The second kappa shape index (κ2) is 4.80. The number of carbonyl (C=O) groups excluding carboxylic acids is 1. The zero-order valence-corrected chi connectivity index (χ0v) is 11.4. The Hall–Kier alpha value is -1.85. The second-order valence-electron chi connectivity index (χ2n) is 5.04. The van der Waals surface area contributed by atoms with E-state index in [1.54, 1.807) is 38.7 Å². The average molecular weight is 253 g/mol. The van der Waals surface area contributed by atoms with E-state index in [1.807, 2.05) is 6.92 Å². The highest BCUT2D eigenvalue weighted by Gasteiger charge is 2.31. The summed E-state index contributed by atoms with van der Waals surface area (Å²) in [6, 6.07) is 1.69. The van der Waals surface area contributed by atoms with Crippen molar-refractivity contribution in [2.45, 2.75) is 32.7 Å². The molecule has 1 N–H and O–H groups in total. The van der Waals surface area contributed by atoms with E-state index in [2.05, 4.69) is 5.10 Å². The van der Waals surface area contributed by atoms with Crippen LogP contribution in [-0.4, -0.2) is 44.3 Å². The Morgan fingerprint density at radius 1 is 1.50 bits per heavy atom. The van der Waals surface area contributed by atoms with E-state index < -0.39 is 11.5 Å². The molecule has 0 radical (unpaired) electrons. The van der Waals surface area contributed by atoms with Crippen molar-refractivity contribution < 1.29 is 14.7 Å². The van der Waals surface area contributed by atoms with Gasteiger partial charge in [-0.05, 0) is 26.8 Å². The minimum Gasteiger partial charge on any atom is -0.481 e. The van der Waals surface area contributed by atoms with Crippen molar-refractivity contribution in [3.05, 3.63) is 17.5 Å². The van der Waals surface area contributed by atoms with E-state index in [-0.39, 0.29) is 12.3 Å². The molecule has 6 nitrogen and oxygen atoms in total. The number of carbonyl (C=O) groups is 2. The Balaban J connectivity index is 2.93. The molecule has 0 saturated carbocycles. The van der Waals surface area contributed by atoms with Gasteiger partial charge in [-0.2, -0.15) is 5.10 Å². The van der Waals surface area contributed by atoms with E-state index in [9.17, 15) is 9.59 Å².